The number of hydrogen-bond acceptors (Lipinski definition) is 3. The topological polar surface area (TPSA) is 63.1 Å². The van der Waals surface area contributed by atoms with E-state index in [9.17, 15) is 9.59 Å². The maximum atomic E-state index is 12.9. The molecular formula is C23H28N3O3+. The van der Waals surface area contributed by atoms with Gasteiger partial charge in [0.05, 0.1) is 13.2 Å². The SMILES string of the molecule is O=C(N[C@H](C[NH+]1CCOCC1)c1ccccc1)c1ccc(N2CCCC2=O)cc1. The molecule has 2 aromatic carbocycles. The van der Waals surface area contributed by atoms with Gasteiger partial charge in [-0.25, -0.2) is 0 Å². The molecule has 6 nitrogen and oxygen atoms in total. The summed E-state index contributed by atoms with van der Waals surface area (Å²) in [5, 5.41) is 3.21. The number of ether oxygens (including phenoxy) is 1. The zero-order valence-corrected chi connectivity index (χ0v) is 16.6. The van der Waals surface area contributed by atoms with Crippen molar-refractivity contribution in [3.63, 3.8) is 0 Å². The Kier molecular flexibility index (Phi) is 6.22. The van der Waals surface area contributed by atoms with E-state index in [-0.39, 0.29) is 17.9 Å². The summed E-state index contributed by atoms with van der Waals surface area (Å²) in [7, 11) is 0. The molecule has 0 aliphatic carbocycles. The standard InChI is InChI=1S/C23H27N3O3/c27-22-7-4-12-26(22)20-10-8-19(9-11-20)23(28)24-21(18-5-2-1-3-6-18)17-25-13-15-29-16-14-25/h1-3,5-6,8-11,21H,4,7,12-17H2,(H,24,28)/p+1/t21-/m1/s1. The lowest BCUT2D eigenvalue weighted by Gasteiger charge is -2.28. The molecule has 0 spiro atoms. The number of amides is 2. The first-order chi connectivity index (χ1) is 14.2. The van der Waals surface area contributed by atoms with E-state index < -0.39 is 0 Å². The molecule has 0 bridgehead atoms. The van der Waals surface area contributed by atoms with Gasteiger partial charge in [0.2, 0.25) is 5.91 Å². The third-order valence-corrected chi connectivity index (χ3v) is 5.71. The molecule has 0 aromatic heterocycles. The minimum atomic E-state index is -0.0918. The highest BCUT2D eigenvalue weighted by molar-refractivity contribution is 5.97. The largest absolute Gasteiger partial charge is 0.370 e. The molecule has 2 fully saturated rings. The smallest absolute Gasteiger partial charge is 0.251 e. The molecule has 0 saturated carbocycles. The van der Waals surface area contributed by atoms with Gasteiger partial charge in [0.1, 0.15) is 25.7 Å². The molecule has 2 heterocycles. The fourth-order valence-corrected chi connectivity index (χ4v) is 4.05. The zero-order valence-electron chi connectivity index (χ0n) is 16.6. The van der Waals surface area contributed by atoms with Gasteiger partial charge in [-0.2, -0.15) is 0 Å². The number of nitrogens with one attached hydrogen (secondary N) is 2. The molecular weight excluding hydrogens is 366 g/mol. The molecule has 2 aliphatic heterocycles. The van der Waals surface area contributed by atoms with Crippen molar-refractivity contribution in [1.82, 2.24) is 5.32 Å². The maximum Gasteiger partial charge on any atom is 0.251 e. The van der Waals surface area contributed by atoms with Gasteiger partial charge in [0, 0.05) is 24.2 Å². The van der Waals surface area contributed by atoms with Crippen LogP contribution in [0.25, 0.3) is 0 Å². The molecule has 4 rings (SSSR count). The van der Waals surface area contributed by atoms with Crippen LogP contribution >= 0.6 is 0 Å². The Balaban J connectivity index is 1.46. The van der Waals surface area contributed by atoms with Crippen molar-refractivity contribution in [3.05, 3.63) is 65.7 Å². The summed E-state index contributed by atoms with van der Waals surface area (Å²) in [5.41, 5.74) is 2.58. The normalized spacial score (nSPS) is 18.6. The first-order valence-electron chi connectivity index (χ1n) is 10.4. The van der Waals surface area contributed by atoms with E-state index in [1.807, 2.05) is 30.3 Å². The average Bonchev–Trinajstić information content (AvgIpc) is 3.20. The van der Waals surface area contributed by atoms with Gasteiger partial charge >= 0.3 is 0 Å². The second-order valence-corrected chi connectivity index (χ2v) is 7.70. The quantitative estimate of drug-likeness (QED) is 0.774. The van der Waals surface area contributed by atoms with Crippen LogP contribution in [0.3, 0.4) is 0 Å². The number of rotatable bonds is 6. The van der Waals surface area contributed by atoms with Crippen LogP contribution in [-0.4, -0.2) is 51.2 Å². The van der Waals surface area contributed by atoms with Crippen molar-refractivity contribution in [2.75, 3.05) is 44.3 Å². The number of benzene rings is 2. The predicted molar refractivity (Wildman–Crippen MR) is 111 cm³/mol. The van der Waals surface area contributed by atoms with Crippen LogP contribution in [-0.2, 0) is 9.53 Å². The third kappa shape index (κ3) is 4.83. The van der Waals surface area contributed by atoms with Crippen LogP contribution < -0.4 is 15.1 Å². The van der Waals surface area contributed by atoms with E-state index in [0.29, 0.717) is 12.0 Å². The van der Waals surface area contributed by atoms with Crippen molar-refractivity contribution in [2.24, 2.45) is 0 Å². The van der Waals surface area contributed by atoms with Crippen molar-refractivity contribution in [3.8, 4) is 0 Å². The summed E-state index contributed by atoms with van der Waals surface area (Å²) in [6.45, 7) is 5.03. The number of hydrogen-bond donors (Lipinski definition) is 2. The number of carbonyl (C=O) groups is 2. The van der Waals surface area contributed by atoms with E-state index in [2.05, 4.69) is 17.4 Å². The third-order valence-electron chi connectivity index (χ3n) is 5.71. The average molecular weight is 394 g/mol. The Labute approximate surface area is 171 Å². The van der Waals surface area contributed by atoms with Crippen LogP contribution in [0.15, 0.2) is 54.6 Å². The Bertz CT molecular complexity index is 832. The lowest BCUT2D eigenvalue weighted by atomic mass is 10.1. The highest BCUT2D eigenvalue weighted by Crippen LogP contribution is 2.22. The lowest BCUT2D eigenvalue weighted by molar-refractivity contribution is -0.909. The minimum Gasteiger partial charge on any atom is -0.370 e. The van der Waals surface area contributed by atoms with E-state index >= 15 is 0 Å². The second kappa shape index (κ2) is 9.20. The fraction of sp³-hybridized carbons (Fsp3) is 0.391. The lowest BCUT2D eigenvalue weighted by Crippen LogP contribution is -3.14. The molecule has 29 heavy (non-hydrogen) atoms. The maximum absolute atomic E-state index is 12.9. The summed E-state index contributed by atoms with van der Waals surface area (Å²) in [6, 6.07) is 17.4. The number of anilines is 1. The zero-order chi connectivity index (χ0) is 20.1. The van der Waals surface area contributed by atoms with Crippen LogP contribution in [0.2, 0.25) is 0 Å². The van der Waals surface area contributed by atoms with Gasteiger partial charge in [0.25, 0.3) is 5.91 Å². The van der Waals surface area contributed by atoms with Crippen LogP contribution in [0, 0.1) is 0 Å². The Hall–Kier alpha value is -2.70. The number of carbonyl (C=O) groups excluding carboxylic acids is 2. The number of morpholine rings is 1. The monoisotopic (exact) mass is 394 g/mol. The number of nitrogens with zero attached hydrogens (tertiary/aromatic N) is 1. The molecule has 0 unspecified atom stereocenters. The van der Waals surface area contributed by atoms with E-state index in [0.717, 1.165) is 57.1 Å². The van der Waals surface area contributed by atoms with E-state index in [1.165, 1.54) is 4.90 Å². The Morgan fingerprint density at radius 3 is 2.45 bits per heavy atom. The van der Waals surface area contributed by atoms with Crippen molar-refractivity contribution in [1.29, 1.82) is 0 Å². The first-order valence-corrected chi connectivity index (χ1v) is 10.4. The molecule has 2 saturated heterocycles. The minimum absolute atomic E-state index is 0.0587. The van der Waals surface area contributed by atoms with Crippen molar-refractivity contribution in [2.45, 2.75) is 18.9 Å². The molecule has 0 radical (unpaired) electrons. The number of quaternary nitrogens is 1. The molecule has 2 N–H and O–H groups in total. The van der Waals surface area contributed by atoms with E-state index in [1.54, 1.807) is 17.0 Å². The Morgan fingerprint density at radius 1 is 1.07 bits per heavy atom. The van der Waals surface area contributed by atoms with Crippen LogP contribution in [0.1, 0.15) is 34.8 Å². The van der Waals surface area contributed by atoms with Gasteiger partial charge in [-0.15, -0.1) is 0 Å². The van der Waals surface area contributed by atoms with Gasteiger partial charge in [0.15, 0.2) is 0 Å². The Morgan fingerprint density at radius 2 is 1.79 bits per heavy atom. The van der Waals surface area contributed by atoms with Crippen LogP contribution in [0.4, 0.5) is 5.69 Å². The summed E-state index contributed by atoms with van der Waals surface area (Å²) in [4.78, 5) is 28.1. The predicted octanol–water partition coefficient (Wildman–Crippen LogP) is 1.20. The molecule has 2 aliphatic rings. The van der Waals surface area contributed by atoms with Crippen molar-refractivity contribution >= 4 is 17.5 Å². The highest BCUT2D eigenvalue weighted by atomic mass is 16.5. The summed E-state index contributed by atoms with van der Waals surface area (Å²) < 4.78 is 5.46. The van der Waals surface area contributed by atoms with Gasteiger partial charge < -0.3 is 19.9 Å². The van der Waals surface area contributed by atoms with E-state index in [4.69, 9.17) is 4.74 Å². The first kappa shape index (κ1) is 19.6. The van der Waals surface area contributed by atoms with Gasteiger partial charge in [-0.05, 0) is 36.2 Å². The molecule has 1 atom stereocenters. The van der Waals surface area contributed by atoms with Gasteiger partial charge in [-0.3, -0.25) is 9.59 Å². The van der Waals surface area contributed by atoms with Crippen molar-refractivity contribution < 1.29 is 19.2 Å². The molecule has 152 valence electrons. The fourth-order valence-electron chi connectivity index (χ4n) is 4.05. The van der Waals surface area contributed by atoms with Crippen LogP contribution in [0.5, 0.6) is 0 Å². The molecule has 6 heteroatoms. The second-order valence-electron chi connectivity index (χ2n) is 7.70. The summed E-state index contributed by atoms with van der Waals surface area (Å²) in [5.74, 6) is 0.0608. The van der Waals surface area contributed by atoms with Gasteiger partial charge in [-0.1, -0.05) is 30.3 Å². The summed E-state index contributed by atoms with van der Waals surface area (Å²) in [6.07, 6.45) is 1.49. The molecule has 2 amide bonds. The summed E-state index contributed by atoms with van der Waals surface area (Å²) >= 11 is 0. The highest BCUT2D eigenvalue weighted by Gasteiger charge is 2.24. The molecule has 2 aromatic rings.